The summed E-state index contributed by atoms with van der Waals surface area (Å²) in [7, 11) is 0. The highest BCUT2D eigenvalue weighted by Gasteiger charge is 2.29. The molecule has 0 saturated carbocycles. The highest BCUT2D eigenvalue weighted by Crippen LogP contribution is 2.21. The van der Waals surface area contributed by atoms with E-state index < -0.39 is 0 Å². The van der Waals surface area contributed by atoms with Crippen LogP contribution in [-0.4, -0.2) is 59.4 Å². The predicted molar refractivity (Wildman–Crippen MR) is 101 cm³/mol. The summed E-state index contributed by atoms with van der Waals surface area (Å²) in [6, 6.07) is 4.63. The normalized spacial score (nSPS) is 17.3. The summed E-state index contributed by atoms with van der Waals surface area (Å²) in [5, 5.41) is 3.89. The van der Waals surface area contributed by atoms with Gasteiger partial charge >= 0.3 is 0 Å². The topological polar surface area (TPSA) is 52.7 Å². The molecule has 0 aliphatic carbocycles. The van der Waals surface area contributed by atoms with Crippen LogP contribution < -0.4 is 5.32 Å². The minimum absolute atomic E-state index is 0.00824. The first-order chi connectivity index (χ1) is 11.6. The number of carbonyl (C=O) groups excluding carboxylic acids is 2. The molecule has 1 aromatic rings. The van der Waals surface area contributed by atoms with Gasteiger partial charge in [0.2, 0.25) is 5.91 Å². The smallest absolute Gasteiger partial charge is 0.254 e. The second-order valence-corrected chi connectivity index (χ2v) is 8.27. The van der Waals surface area contributed by atoms with E-state index in [0.29, 0.717) is 41.8 Å². The number of hydrogen-bond acceptors (Lipinski definition) is 3. The van der Waals surface area contributed by atoms with E-state index >= 15 is 0 Å². The van der Waals surface area contributed by atoms with Crippen molar-refractivity contribution < 1.29 is 9.59 Å². The molecule has 1 fully saturated rings. The molecule has 1 aliphatic rings. The second kappa shape index (κ2) is 7.94. The molecule has 0 aromatic heterocycles. The number of nitrogens with one attached hydrogen (secondary N) is 1. The molecule has 1 heterocycles. The third-order valence-electron chi connectivity index (χ3n) is 4.14. The van der Waals surface area contributed by atoms with E-state index in [4.69, 9.17) is 23.2 Å². The van der Waals surface area contributed by atoms with Crippen molar-refractivity contribution in [3.05, 3.63) is 33.8 Å². The lowest BCUT2D eigenvalue weighted by molar-refractivity contribution is -0.127. The average Bonchev–Trinajstić information content (AvgIpc) is 2.51. The number of halogens is 2. The van der Waals surface area contributed by atoms with E-state index in [0.717, 1.165) is 0 Å². The van der Waals surface area contributed by atoms with E-state index in [9.17, 15) is 9.59 Å². The molecule has 1 atom stereocenters. The van der Waals surface area contributed by atoms with Crippen molar-refractivity contribution in [3.63, 3.8) is 0 Å². The minimum atomic E-state index is -0.255. The fraction of sp³-hybridized carbons (Fsp3) is 0.556. The first-order valence-corrected chi connectivity index (χ1v) is 9.14. The number of benzene rings is 1. The van der Waals surface area contributed by atoms with Gasteiger partial charge in [0.25, 0.3) is 5.91 Å². The van der Waals surface area contributed by atoms with Crippen molar-refractivity contribution in [1.82, 2.24) is 15.1 Å². The molecular weight excluding hydrogens is 361 g/mol. The summed E-state index contributed by atoms with van der Waals surface area (Å²) in [5.74, 6) is -0.0789. The molecule has 1 unspecified atom stereocenters. The van der Waals surface area contributed by atoms with Crippen LogP contribution in [0.5, 0.6) is 0 Å². The Morgan fingerprint density at radius 1 is 1.04 bits per heavy atom. The molecule has 1 aliphatic heterocycles. The molecule has 7 heteroatoms. The standard InChI is InChI=1S/C18H25Cl2N3O2/c1-12(16(24)21-18(2,3)4)22-5-7-23(8-6-22)17(25)13-9-14(19)11-15(20)10-13/h9-12H,5-8H2,1-4H3,(H,21,24). The first kappa shape index (κ1) is 20.0. The molecule has 0 spiro atoms. The molecule has 1 saturated heterocycles. The molecule has 5 nitrogen and oxygen atoms in total. The Bertz CT molecular complexity index is 630. The zero-order chi connectivity index (χ0) is 18.8. The third-order valence-corrected chi connectivity index (χ3v) is 4.57. The molecule has 2 rings (SSSR count). The summed E-state index contributed by atoms with van der Waals surface area (Å²) in [5.41, 5.74) is 0.235. The van der Waals surface area contributed by atoms with Gasteiger partial charge < -0.3 is 10.2 Å². The van der Waals surface area contributed by atoms with Gasteiger partial charge in [-0.25, -0.2) is 0 Å². The van der Waals surface area contributed by atoms with Crippen LogP contribution in [0.25, 0.3) is 0 Å². The van der Waals surface area contributed by atoms with Gasteiger partial charge in [0.15, 0.2) is 0 Å². The van der Waals surface area contributed by atoms with Crippen LogP contribution in [0.2, 0.25) is 10.0 Å². The number of nitrogens with zero attached hydrogens (tertiary/aromatic N) is 2. The van der Waals surface area contributed by atoms with Gasteiger partial charge in [-0.3, -0.25) is 14.5 Å². The van der Waals surface area contributed by atoms with E-state index in [1.54, 1.807) is 23.1 Å². The fourth-order valence-electron chi connectivity index (χ4n) is 2.81. The maximum Gasteiger partial charge on any atom is 0.254 e. The van der Waals surface area contributed by atoms with Crippen LogP contribution >= 0.6 is 23.2 Å². The summed E-state index contributed by atoms with van der Waals surface area (Å²) < 4.78 is 0. The molecule has 0 bridgehead atoms. The number of amides is 2. The molecule has 1 N–H and O–H groups in total. The molecule has 25 heavy (non-hydrogen) atoms. The van der Waals surface area contributed by atoms with Gasteiger partial charge in [0.1, 0.15) is 0 Å². The summed E-state index contributed by atoms with van der Waals surface area (Å²) in [4.78, 5) is 28.8. The second-order valence-electron chi connectivity index (χ2n) is 7.40. The Kier molecular flexibility index (Phi) is 6.35. The van der Waals surface area contributed by atoms with Gasteiger partial charge in [-0.1, -0.05) is 23.2 Å². The first-order valence-electron chi connectivity index (χ1n) is 8.38. The lowest BCUT2D eigenvalue weighted by Crippen LogP contribution is -2.56. The molecular formula is C18H25Cl2N3O2. The Balaban J connectivity index is 1.94. The number of hydrogen-bond donors (Lipinski definition) is 1. The Morgan fingerprint density at radius 2 is 1.56 bits per heavy atom. The highest BCUT2D eigenvalue weighted by molar-refractivity contribution is 6.35. The molecule has 0 radical (unpaired) electrons. The minimum Gasteiger partial charge on any atom is -0.350 e. The SMILES string of the molecule is CC(C(=O)NC(C)(C)C)N1CCN(C(=O)c2cc(Cl)cc(Cl)c2)CC1. The van der Waals surface area contributed by atoms with Crippen LogP contribution in [0.3, 0.4) is 0 Å². The highest BCUT2D eigenvalue weighted by atomic mass is 35.5. The van der Waals surface area contributed by atoms with Crippen LogP contribution in [-0.2, 0) is 4.79 Å². The van der Waals surface area contributed by atoms with Crippen molar-refractivity contribution in [2.45, 2.75) is 39.3 Å². The van der Waals surface area contributed by atoms with Gasteiger partial charge in [-0.2, -0.15) is 0 Å². The number of carbonyl (C=O) groups is 2. The largest absolute Gasteiger partial charge is 0.350 e. The van der Waals surface area contributed by atoms with Crippen LogP contribution in [0.4, 0.5) is 0 Å². The van der Waals surface area contributed by atoms with Crippen molar-refractivity contribution >= 4 is 35.0 Å². The maximum atomic E-state index is 12.6. The van der Waals surface area contributed by atoms with Crippen molar-refractivity contribution in [3.8, 4) is 0 Å². The Morgan fingerprint density at radius 3 is 2.04 bits per heavy atom. The summed E-state index contributed by atoms with van der Waals surface area (Å²) >= 11 is 12.0. The molecule has 1 aromatic carbocycles. The van der Waals surface area contributed by atoms with Crippen LogP contribution in [0, 0.1) is 0 Å². The average molecular weight is 386 g/mol. The zero-order valence-corrected chi connectivity index (χ0v) is 16.6. The lowest BCUT2D eigenvalue weighted by atomic mass is 10.1. The summed E-state index contributed by atoms with van der Waals surface area (Å²) in [6.07, 6.45) is 0. The quantitative estimate of drug-likeness (QED) is 0.869. The maximum absolute atomic E-state index is 12.6. The van der Waals surface area contributed by atoms with Crippen molar-refractivity contribution in [2.75, 3.05) is 26.2 Å². The van der Waals surface area contributed by atoms with E-state index in [-0.39, 0.29) is 23.4 Å². The fourth-order valence-corrected chi connectivity index (χ4v) is 3.34. The van der Waals surface area contributed by atoms with Gasteiger partial charge in [0.05, 0.1) is 6.04 Å². The van der Waals surface area contributed by atoms with Crippen molar-refractivity contribution in [2.24, 2.45) is 0 Å². The monoisotopic (exact) mass is 385 g/mol. The van der Waals surface area contributed by atoms with Crippen LogP contribution in [0.15, 0.2) is 18.2 Å². The Labute approximate surface area is 159 Å². The number of piperazine rings is 1. The van der Waals surface area contributed by atoms with E-state index in [1.165, 1.54) is 0 Å². The Hall–Kier alpha value is -1.30. The summed E-state index contributed by atoms with van der Waals surface area (Å²) in [6.45, 7) is 10.2. The van der Waals surface area contributed by atoms with Gasteiger partial charge in [0, 0.05) is 47.3 Å². The van der Waals surface area contributed by atoms with Gasteiger partial charge in [-0.15, -0.1) is 0 Å². The van der Waals surface area contributed by atoms with Crippen LogP contribution in [0.1, 0.15) is 38.1 Å². The lowest BCUT2D eigenvalue weighted by Gasteiger charge is -2.38. The van der Waals surface area contributed by atoms with Gasteiger partial charge in [-0.05, 0) is 45.9 Å². The van der Waals surface area contributed by atoms with Crippen molar-refractivity contribution in [1.29, 1.82) is 0 Å². The zero-order valence-electron chi connectivity index (χ0n) is 15.1. The number of rotatable bonds is 3. The van der Waals surface area contributed by atoms with E-state index in [1.807, 2.05) is 27.7 Å². The van der Waals surface area contributed by atoms with E-state index in [2.05, 4.69) is 10.2 Å². The predicted octanol–water partition coefficient (Wildman–Crippen LogP) is 3.05. The molecule has 2 amide bonds. The third kappa shape index (κ3) is 5.59. The molecule has 138 valence electrons.